The van der Waals surface area contributed by atoms with Gasteiger partial charge in [0.15, 0.2) is 0 Å². The lowest BCUT2D eigenvalue weighted by Gasteiger charge is -2.17. The standard InChI is InChI=1S/C26H32N6O4/c1-3-31(13-9-11-23(17-27)18-28)21-25(33)35-15-7-5-6-8-16-36-26(34)22-32(4-2)14-10-12-24(19-29)20-30/h9-14H,3-8,15-16,21-22H2,1-2H3/b13-9+,14-10+. The summed E-state index contributed by atoms with van der Waals surface area (Å²) in [5.41, 5.74) is -0.0341. The number of hydrogen-bond donors (Lipinski definition) is 0. The van der Waals surface area contributed by atoms with E-state index >= 15 is 0 Å². The summed E-state index contributed by atoms with van der Waals surface area (Å²) in [7, 11) is 0. The monoisotopic (exact) mass is 492 g/mol. The smallest absolute Gasteiger partial charge is 0.325 e. The van der Waals surface area contributed by atoms with Crippen molar-refractivity contribution < 1.29 is 19.1 Å². The zero-order valence-electron chi connectivity index (χ0n) is 20.9. The molecular formula is C26H32N6O4. The van der Waals surface area contributed by atoms with Gasteiger partial charge >= 0.3 is 11.9 Å². The molecule has 0 aromatic carbocycles. The number of nitriles is 4. The fourth-order valence-corrected chi connectivity index (χ4v) is 2.61. The number of allylic oxidation sites excluding steroid dienone is 6. The Labute approximate surface area is 213 Å². The van der Waals surface area contributed by atoms with Crippen LogP contribution in [0.15, 0.2) is 47.9 Å². The summed E-state index contributed by atoms with van der Waals surface area (Å²) in [6.07, 6.45) is 12.2. The maximum Gasteiger partial charge on any atom is 0.325 e. The van der Waals surface area contributed by atoms with Crippen LogP contribution in [-0.2, 0) is 19.1 Å². The fraction of sp³-hybridized carbons (Fsp3) is 0.462. The molecule has 0 saturated carbocycles. The zero-order valence-corrected chi connectivity index (χ0v) is 20.9. The second-order valence-electron chi connectivity index (χ2n) is 7.27. The molecule has 0 aromatic rings. The summed E-state index contributed by atoms with van der Waals surface area (Å²) >= 11 is 0. The van der Waals surface area contributed by atoms with Crippen LogP contribution in [0.5, 0.6) is 0 Å². The number of unbranched alkanes of at least 4 members (excludes halogenated alkanes) is 3. The van der Waals surface area contributed by atoms with E-state index in [9.17, 15) is 9.59 Å². The molecule has 0 saturated heterocycles. The molecule has 190 valence electrons. The largest absolute Gasteiger partial charge is 0.464 e. The van der Waals surface area contributed by atoms with Gasteiger partial charge in [-0.15, -0.1) is 0 Å². The van der Waals surface area contributed by atoms with Gasteiger partial charge in [-0.05, 0) is 76.2 Å². The van der Waals surface area contributed by atoms with E-state index in [2.05, 4.69) is 0 Å². The van der Waals surface area contributed by atoms with E-state index < -0.39 is 0 Å². The van der Waals surface area contributed by atoms with Crippen LogP contribution in [0.2, 0.25) is 0 Å². The molecule has 0 aliphatic carbocycles. The number of rotatable bonds is 17. The van der Waals surface area contributed by atoms with Gasteiger partial charge in [-0.2, -0.15) is 21.0 Å². The Kier molecular flexibility index (Phi) is 18.4. The number of likely N-dealkylation sites (N-methyl/N-ethyl adjacent to an activating group) is 2. The number of carbonyl (C=O) groups is 2. The van der Waals surface area contributed by atoms with Gasteiger partial charge < -0.3 is 19.3 Å². The van der Waals surface area contributed by atoms with Crippen LogP contribution in [0, 0.1) is 45.3 Å². The SMILES string of the molecule is CCN(/C=C/C=C(C#N)C#N)CC(=O)OCCCCCCOC(=O)CN(/C=C/C=C(C#N)C#N)CC. The highest BCUT2D eigenvalue weighted by Crippen LogP contribution is 2.03. The van der Waals surface area contributed by atoms with Gasteiger partial charge in [0.1, 0.15) is 48.5 Å². The Morgan fingerprint density at radius 3 is 1.33 bits per heavy atom. The number of nitrogens with zero attached hydrogens (tertiary/aromatic N) is 6. The van der Waals surface area contributed by atoms with Gasteiger partial charge in [-0.25, -0.2) is 0 Å². The number of hydrogen-bond acceptors (Lipinski definition) is 10. The first-order valence-corrected chi connectivity index (χ1v) is 11.6. The van der Waals surface area contributed by atoms with Crippen LogP contribution >= 0.6 is 0 Å². The highest BCUT2D eigenvalue weighted by molar-refractivity contribution is 5.72. The lowest BCUT2D eigenvalue weighted by molar-refractivity contribution is -0.145. The molecule has 0 unspecified atom stereocenters. The van der Waals surface area contributed by atoms with Crippen LogP contribution in [0.25, 0.3) is 0 Å². The zero-order chi connectivity index (χ0) is 27.0. The average Bonchev–Trinajstić information content (AvgIpc) is 2.89. The van der Waals surface area contributed by atoms with Gasteiger partial charge in [0.05, 0.1) is 13.2 Å². The van der Waals surface area contributed by atoms with Crippen molar-refractivity contribution in [2.75, 3.05) is 39.4 Å². The molecule has 0 rings (SSSR count). The Balaban J connectivity index is 4.05. The summed E-state index contributed by atoms with van der Waals surface area (Å²) in [5, 5.41) is 34.8. The first-order chi connectivity index (χ1) is 17.4. The molecule has 0 heterocycles. The summed E-state index contributed by atoms with van der Waals surface area (Å²) in [6.45, 7) is 5.64. The molecule has 0 aromatic heterocycles. The maximum absolute atomic E-state index is 12.0. The van der Waals surface area contributed by atoms with Gasteiger partial charge in [0.2, 0.25) is 0 Å². The predicted molar refractivity (Wildman–Crippen MR) is 132 cm³/mol. The van der Waals surface area contributed by atoms with E-state index in [1.165, 1.54) is 12.2 Å². The van der Waals surface area contributed by atoms with Gasteiger partial charge in [-0.3, -0.25) is 9.59 Å². The lowest BCUT2D eigenvalue weighted by atomic mass is 10.2. The number of ether oxygens (including phenoxy) is 2. The molecule has 10 heteroatoms. The molecule has 0 amide bonds. The van der Waals surface area contributed by atoms with E-state index in [1.54, 1.807) is 58.6 Å². The Bertz CT molecular complexity index is 874. The van der Waals surface area contributed by atoms with Crippen LogP contribution in [-0.4, -0.2) is 61.1 Å². The molecule has 0 bridgehead atoms. The van der Waals surface area contributed by atoms with Gasteiger partial charge in [0.25, 0.3) is 0 Å². The minimum absolute atomic E-state index is 0.0171. The molecule has 0 aliphatic heterocycles. The van der Waals surface area contributed by atoms with Crippen LogP contribution in [0.3, 0.4) is 0 Å². The molecule has 0 atom stereocenters. The average molecular weight is 493 g/mol. The Morgan fingerprint density at radius 1 is 0.667 bits per heavy atom. The van der Waals surface area contributed by atoms with Crippen molar-refractivity contribution in [2.45, 2.75) is 39.5 Å². The van der Waals surface area contributed by atoms with E-state index in [4.69, 9.17) is 30.5 Å². The molecule has 0 aliphatic rings. The number of esters is 2. The van der Waals surface area contributed by atoms with Crippen molar-refractivity contribution in [2.24, 2.45) is 0 Å². The van der Waals surface area contributed by atoms with Gasteiger partial charge in [0, 0.05) is 13.1 Å². The van der Waals surface area contributed by atoms with E-state index in [1.807, 2.05) is 13.8 Å². The number of carbonyl (C=O) groups excluding carboxylic acids is 2. The van der Waals surface area contributed by atoms with Crippen LogP contribution in [0.4, 0.5) is 0 Å². The van der Waals surface area contributed by atoms with E-state index in [0.29, 0.717) is 39.1 Å². The molecular weight excluding hydrogens is 460 g/mol. The van der Waals surface area contributed by atoms with Crippen molar-refractivity contribution in [3.05, 3.63) is 47.9 Å². The van der Waals surface area contributed by atoms with Crippen molar-refractivity contribution in [3.63, 3.8) is 0 Å². The lowest BCUT2D eigenvalue weighted by Crippen LogP contribution is -2.26. The van der Waals surface area contributed by atoms with Crippen LogP contribution in [0.1, 0.15) is 39.5 Å². The minimum Gasteiger partial charge on any atom is -0.464 e. The van der Waals surface area contributed by atoms with E-state index in [0.717, 1.165) is 12.8 Å². The highest BCUT2D eigenvalue weighted by atomic mass is 16.5. The quantitative estimate of drug-likeness (QED) is 0.128. The van der Waals surface area contributed by atoms with E-state index in [-0.39, 0.29) is 36.2 Å². The van der Waals surface area contributed by atoms with Crippen LogP contribution < -0.4 is 0 Å². The Morgan fingerprint density at radius 2 is 1.03 bits per heavy atom. The topological polar surface area (TPSA) is 154 Å². The summed E-state index contributed by atoms with van der Waals surface area (Å²) < 4.78 is 10.5. The summed E-state index contributed by atoms with van der Waals surface area (Å²) in [6, 6.07) is 7.03. The molecule has 0 fully saturated rings. The minimum atomic E-state index is -0.360. The second kappa shape index (κ2) is 21.0. The fourth-order valence-electron chi connectivity index (χ4n) is 2.61. The predicted octanol–water partition coefficient (Wildman–Crippen LogP) is 3.25. The molecule has 0 radical (unpaired) electrons. The molecule has 0 spiro atoms. The third kappa shape index (κ3) is 16.1. The van der Waals surface area contributed by atoms with Crippen molar-refractivity contribution in [1.29, 1.82) is 21.0 Å². The van der Waals surface area contributed by atoms with Gasteiger partial charge in [-0.1, -0.05) is 0 Å². The second-order valence-corrected chi connectivity index (χ2v) is 7.27. The first kappa shape index (κ1) is 31.5. The molecule has 10 nitrogen and oxygen atoms in total. The molecule has 0 N–H and O–H groups in total. The highest BCUT2D eigenvalue weighted by Gasteiger charge is 2.08. The normalized spacial score (nSPS) is 9.83. The first-order valence-electron chi connectivity index (χ1n) is 11.6. The summed E-state index contributed by atoms with van der Waals surface area (Å²) in [5.74, 6) is -0.719. The summed E-state index contributed by atoms with van der Waals surface area (Å²) in [4.78, 5) is 27.3. The maximum atomic E-state index is 12.0. The Hall–Kier alpha value is -4.54. The van der Waals surface area contributed by atoms with Crippen molar-refractivity contribution >= 4 is 11.9 Å². The third-order valence-electron chi connectivity index (χ3n) is 4.64. The van der Waals surface area contributed by atoms with Crippen molar-refractivity contribution in [3.8, 4) is 24.3 Å². The molecule has 36 heavy (non-hydrogen) atoms. The van der Waals surface area contributed by atoms with Crippen molar-refractivity contribution in [1.82, 2.24) is 9.80 Å². The third-order valence-corrected chi connectivity index (χ3v) is 4.64.